The lowest BCUT2D eigenvalue weighted by atomic mass is 10.1. The molecule has 1 aromatic rings. The number of likely N-dealkylation sites (tertiary alicyclic amines) is 1. The Balaban J connectivity index is 0.00000128. The van der Waals surface area contributed by atoms with Crippen LogP contribution in [0.4, 0.5) is 0 Å². The predicted molar refractivity (Wildman–Crippen MR) is 68.9 cm³/mol. The zero-order valence-electron chi connectivity index (χ0n) is 9.67. The van der Waals surface area contributed by atoms with Gasteiger partial charge in [0.15, 0.2) is 0 Å². The van der Waals surface area contributed by atoms with E-state index in [4.69, 9.17) is 0 Å². The third-order valence-electron chi connectivity index (χ3n) is 3.28. The largest absolute Gasteiger partial charge is 0.387 e. The molecule has 2 atom stereocenters. The molecule has 2 unspecified atom stereocenters. The van der Waals surface area contributed by atoms with E-state index in [0.717, 1.165) is 18.7 Å². The van der Waals surface area contributed by atoms with E-state index in [1.165, 1.54) is 12.8 Å². The van der Waals surface area contributed by atoms with Gasteiger partial charge in [-0.15, -0.1) is 12.4 Å². The normalized spacial score (nSPS) is 22.8. The molecule has 0 bridgehead atoms. The molecule has 0 amide bonds. The highest BCUT2D eigenvalue weighted by Gasteiger charge is 2.22. The van der Waals surface area contributed by atoms with Gasteiger partial charge in [-0.05, 0) is 31.9 Å². The van der Waals surface area contributed by atoms with Gasteiger partial charge in [-0.1, -0.05) is 30.3 Å². The summed E-state index contributed by atoms with van der Waals surface area (Å²) >= 11 is 0. The van der Waals surface area contributed by atoms with Crippen LogP contribution in [0.2, 0.25) is 0 Å². The Labute approximate surface area is 104 Å². The van der Waals surface area contributed by atoms with Crippen LogP contribution in [0.25, 0.3) is 0 Å². The second kappa shape index (κ2) is 6.24. The van der Waals surface area contributed by atoms with E-state index in [0.29, 0.717) is 6.04 Å². The first-order valence-electron chi connectivity index (χ1n) is 5.74. The maximum absolute atomic E-state index is 10.1. The number of aliphatic hydroxyl groups is 1. The number of aliphatic hydroxyl groups excluding tert-OH is 1. The molecule has 3 heteroatoms. The van der Waals surface area contributed by atoms with Crippen molar-refractivity contribution in [1.82, 2.24) is 4.90 Å². The van der Waals surface area contributed by atoms with E-state index in [9.17, 15) is 5.11 Å². The lowest BCUT2D eigenvalue weighted by Gasteiger charge is -2.24. The van der Waals surface area contributed by atoms with Gasteiger partial charge in [0.1, 0.15) is 0 Å². The molecule has 1 aromatic carbocycles. The summed E-state index contributed by atoms with van der Waals surface area (Å²) in [6.07, 6.45) is 2.19. The topological polar surface area (TPSA) is 23.5 Å². The molecule has 0 radical (unpaired) electrons. The lowest BCUT2D eigenvalue weighted by molar-refractivity contribution is 0.110. The average molecular weight is 242 g/mol. The molecule has 1 N–H and O–H groups in total. The molecular formula is C13H20ClNO. The predicted octanol–water partition coefficient (Wildman–Crippen LogP) is 2.63. The molecule has 0 aliphatic carbocycles. The van der Waals surface area contributed by atoms with Crippen molar-refractivity contribution in [2.24, 2.45) is 0 Å². The summed E-state index contributed by atoms with van der Waals surface area (Å²) in [7, 11) is 0. The van der Waals surface area contributed by atoms with Crippen molar-refractivity contribution in [2.75, 3.05) is 13.1 Å². The van der Waals surface area contributed by atoms with Crippen LogP contribution in [0, 0.1) is 0 Å². The number of hydrogen-bond donors (Lipinski definition) is 1. The van der Waals surface area contributed by atoms with Gasteiger partial charge >= 0.3 is 0 Å². The summed E-state index contributed by atoms with van der Waals surface area (Å²) in [6, 6.07) is 10.5. The van der Waals surface area contributed by atoms with Crippen molar-refractivity contribution in [3.8, 4) is 0 Å². The van der Waals surface area contributed by atoms with Gasteiger partial charge in [-0.3, -0.25) is 4.90 Å². The Kier molecular flexibility index (Phi) is 5.26. The third kappa shape index (κ3) is 3.21. The van der Waals surface area contributed by atoms with Crippen LogP contribution >= 0.6 is 12.4 Å². The van der Waals surface area contributed by atoms with Gasteiger partial charge in [-0.25, -0.2) is 0 Å². The summed E-state index contributed by atoms with van der Waals surface area (Å²) in [5.74, 6) is 0. The molecule has 1 aliphatic heterocycles. The maximum Gasteiger partial charge on any atom is 0.0917 e. The van der Waals surface area contributed by atoms with E-state index < -0.39 is 0 Å². The fraction of sp³-hybridized carbons (Fsp3) is 0.538. The number of β-amino-alcohol motifs (C(OH)–C–C–N with tert-alkyl or cyclic N) is 1. The molecule has 0 saturated carbocycles. The second-order valence-corrected chi connectivity index (χ2v) is 4.41. The molecular weight excluding hydrogens is 222 g/mol. The van der Waals surface area contributed by atoms with Crippen LogP contribution in [0.3, 0.4) is 0 Å². The highest BCUT2D eigenvalue weighted by atomic mass is 35.5. The van der Waals surface area contributed by atoms with Crippen LogP contribution in [-0.2, 0) is 0 Å². The Hall–Kier alpha value is -0.570. The monoisotopic (exact) mass is 241 g/mol. The van der Waals surface area contributed by atoms with Crippen molar-refractivity contribution in [3.05, 3.63) is 35.9 Å². The molecule has 90 valence electrons. The standard InChI is InChI=1S/C13H19NO.ClH/c1-11-6-5-9-14(11)10-13(15)12-7-3-2-4-8-12;/h2-4,7-8,11,13,15H,5-6,9-10H2,1H3;1H. The van der Waals surface area contributed by atoms with Crippen LogP contribution in [0.1, 0.15) is 31.4 Å². The summed E-state index contributed by atoms with van der Waals surface area (Å²) in [5, 5.41) is 10.1. The number of nitrogens with zero attached hydrogens (tertiary/aromatic N) is 1. The van der Waals surface area contributed by atoms with E-state index in [1.807, 2.05) is 30.3 Å². The fourth-order valence-corrected chi connectivity index (χ4v) is 2.27. The number of rotatable bonds is 3. The van der Waals surface area contributed by atoms with Crippen molar-refractivity contribution >= 4 is 12.4 Å². The van der Waals surface area contributed by atoms with Gasteiger partial charge in [-0.2, -0.15) is 0 Å². The highest BCUT2D eigenvalue weighted by molar-refractivity contribution is 5.85. The van der Waals surface area contributed by atoms with Gasteiger partial charge < -0.3 is 5.11 Å². The van der Waals surface area contributed by atoms with Crippen LogP contribution < -0.4 is 0 Å². The van der Waals surface area contributed by atoms with Crippen LogP contribution in [0.15, 0.2) is 30.3 Å². The first-order valence-corrected chi connectivity index (χ1v) is 5.74. The van der Waals surface area contributed by atoms with E-state index in [2.05, 4.69) is 11.8 Å². The first kappa shape index (κ1) is 13.5. The van der Waals surface area contributed by atoms with Crippen molar-refractivity contribution in [1.29, 1.82) is 0 Å². The van der Waals surface area contributed by atoms with Gasteiger partial charge in [0, 0.05) is 12.6 Å². The summed E-state index contributed by atoms with van der Waals surface area (Å²) in [5.41, 5.74) is 1.02. The molecule has 0 spiro atoms. The molecule has 1 fully saturated rings. The second-order valence-electron chi connectivity index (χ2n) is 4.41. The summed E-state index contributed by atoms with van der Waals surface area (Å²) in [4.78, 5) is 2.37. The first-order chi connectivity index (χ1) is 7.27. The van der Waals surface area contributed by atoms with E-state index >= 15 is 0 Å². The zero-order valence-corrected chi connectivity index (χ0v) is 10.5. The van der Waals surface area contributed by atoms with Gasteiger partial charge in [0.05, 0.1) is 6.10 Å². The van der Waals surface area contributed by atoms with Crippen molar-refractivity contribution in [3.63, 3.8) is 0 Å². The molecule has 2 nitrogen and oxygen atoms in total. The molecule has 1 heterocycles. The van der Waals surface area contributed by atoms with Crippen molar-refractivity contribution in [2.45, 2.75) is 31.9 Å². The Bertz CT molecular complexity index is 304. The number of benzene rings is 1. The number of halogens is 1. The lowest BCUT2D eigenvalue weighted by Crippen LogP contribution is -2.31. The zero-order chi connectivity index (χ0) is 10.7. The van der Waals surface area contributed by atoms with E-state index in [-0.39, 0.29) is 18.5 Å². The average Bonchev–Trinajstić information content (AvgIpc) is 2.66. The minimum Gasteiger partial charge on any atom is -0.387 e. The molecule has 2 rings (SSSR count). The van der Waals surface area contributed by atoms with E-state index in [1.54, 1.807) is 0 Å². The maximum atomic E-state index is 10.1. The summed E-state index contributed by atoms with van der Waals surface area (Å²) in [6.45, 7) is 4.14. The van der Waals surface area contributed by atoms with Crippen molar-refractivity contribution < 1.29 is 5.11 Å². The smallest absolute Gasteiger partial charge is 0.0917 e. The number of hydrogen-bond acceptors (Lipinski definition) is 2. The third-order valence-corrected chi connectivity index (χ3v) is 3.28. The molecule has 1 aliphatic rings. The van der Waals surface area contributed by atoms with Crippen LogP contribution in [-0.4, -0.2) is 29.1 Å². The van der Waals surface area contributed by atoms with Gasteiger partial charge in [0.2, 0.25) is 0 Å². The van der Waals surface area contributed by atoms with Gasteiger partial charge in [0.25, 0.3) is 0 Å². The Morgan fingerprint density at radius 2 is 2.06 bits per heavy atom. The Morgan fingerprint density at radius 3 is 2.62 bits per heavy atom. The minimum absolute atomic E-state index is 0. The summed E-state index contributed by atoms with van der Waals surface area (Å²) < 4.78 is 0. The SMILES string of the molecule is CC1CCCN1CC(O)c1ccccc1.Cl. The molecule has 1 saturated heterocycles. The quantitative estimate of drug-likeness (QED) is 0.880. The Morgan fingerprint density at radius 1 is 1.38 bits per heavy atom. The highest BCUT2D eigenvalue weighted by Crippen LogP contribution is 2.21. The minimum atomic E-state index is -0.341. The van der Waals surface area contributed by atoms with Crippen LogP contribution in [0.5, 0.6) is 0 Å². The fourth-order valence-electron chi connectivity index (χ4n) is 2.27. The molecule has 0 aromatic heterocycles. The molecule has 16 heavy (non-hydrogen) atoms.